The molecule has 1 heterocycles. The van der Waals surface area contributed by atoms with Crippen LogP contribution in [0.5, 0.6) is 0 Å². The first-order chi connectivity index (χ1) is 9.02. The smallest absolute Gasteiger partial charge is 0.292 e. The molecule has 1 aliphatic heterocycles. The van der Waals surface area contributed by atoms with Crippen LogP contribution in [0.3, 0.4) is 0 Å². The highest BCUT2D eigenvalue weighted by Crippen LogP contribution is 2.32. The summed E-state index contributed by atoms with van der Waals surface area (Å²) in [6.45, 7) is 4.44. The van der Waals surface area contributed by atoms with Crippen LogP contribution in [0, 0.1) is 15.9 Å². The maximum Gasteiger partial charge on any atom is 0.292 e. The van der Waals surface area contributed by atoms with Crippen molar-refractivity contribution in [3.63, 3.8) is 0 Å². The van der Waals surface area contributed by atoms with Crippen molar-refractivity contribution < 1.29 is 9.31 Å². The van der Waals surface area contributed by atoms with Crippen LogP contribution in [-0.2, 0) is 0 Å². The zero-order chi connectivity index (χ0) is 14.0. The summed E-state index contributed by atoms with van der Waals surface area (Å²) in [5, 5.41) is 11.0. The average molecular weight is 267 g/mol. The van der Waals surface area contributed by atoms with Gasteiger partial charge in [0.15, 0.2) is 0 Å². The quantitative estimate of drug-likeness (QED) is 0.620. The Hall–Kier alpha value is -1.69. The van der Waals surface area contributed by atoms with Crippen LogP contribution in [0.1, 0.15) is 13.3 Å². The minimum absolute atomic E-state index is 0.0267. The van der Waals surface area contributed by atoms with Gasteiger partial charge >= 0.3 is 0 Å². The fourth-order valence-corrected chi connectivity index (χ4v) is 2.48. The minimum atomic E-state index is -0.453. The lowest BCUT2D eigenvalue weighted by Crippen LogP contribution is -2.34. The minimum Gasteiger partial charge on any atom is -0.364 e. The van der Waals surface area contributed by atoms with E-state index in [1.807, 2.05) is 11.9 Å². The predicted octanol–water partition coefficient (Wildman–Crippen LogP) is 2.26. The predicted molar refractivity (Wildman–Crippen MR) is 72.0 cm³/mol. The number of nitro groups is 1. The average Bonchev–Trinajstić information content (AvgIpc) is 2.86. The molecule has 1 aromatic carbocycles. The number of hydrogen-bond donors (Lipinski definition) is 0. The topological polar surface area (TPSA) is 49.6 Å². The van der Waals surface area contributed by atoms with Crippen LogP contribution >= 0.6 is 0 Å². The third-order valence-electron chi connectivity index (χ3n) is 3.76. The third kappa shape index (κ3) is 2.84. The summed E-state index contributed by atoms with van der Waals surface area (Å²) in [7, 11) is 2.04. The van der Waals surface area contributed by atoms with Gasteiger partial charge in [-0.25, -0.2) is 4.39 Å². The highest BCUT2D eigenvalue weighted by molar-refractivity contribution is 5.64. The van der Waals surface area contributed by atoms with E-state index in [0.29, 0.717) is 18.3 Å². The van der Waals surface area contributed by atoms with E-state index in [0.717, 1.165) is 25.6 Å². The van der Waals surface area contributed by atoms with Crippen molar-refractivity contribution in [2.45, 2.75) is 19.4 Å². The Balaban J connectivity index is 2.23. The first kappa shape index (κ1) is 13.7. The van der Waals surface area contributed by atoms with Gasteiger partial charge in [-0.3, -0.25) is 10.1 Å². The van der Waals surface area contributed by atoms with Gasteiger partial charge < -0.3 is 9.80 Å². The molecule has 19 heavy (non-hydrogen) atoms. The van der Waals surface area contributed by atoms with Gasteiger partial charge in [-0.2, -0.15) is 0 Å². The molecule has 1 atom stereocenters. The van der Waals surface area contributed by atoms with Crippen molar-refractivity contribution in [3.05, 3.63) is 34.1 Å². The fraction of sp³-hybridized carbons (Fsp3) is 0.538. The number of halogens is 1. The number of anilines is 1. The van der Waals surface area contributed by atoms with Crippen molar-refractivity contribution >= 4 is 11.4 Å². The van der Waals surface area contributed by atoms with E-state index in [-0.39, 0.29) is 5.69 Å². The van der Waals surface area contributed by atoms with E-state index < -0.39 is 10.7 Å². The molecule has 1 fully saturated rings. The molecular weight excluding hydrogens is 249 g/mol. The van der Waals surface area contributed by atoms with Gasteiger partial charge in [-0.15, -0.1) is 0 Å². The molecule has 1 aromatic rings. The molecule has 0 amide bonds. The molecule has 6 heteroatoms. The van der Waals surface area contributed by atoms with E-state index >= 15 is 0 Å². The fourth-order valence-electron chi connectivity index (χ4n) is 2.48. The number of likely N-dealkylation sites (N-methyl/N-ethyl adjacent to an activating group) is 1. The summed E-state index contributed by atoms with van der Waals surface area (Å²) in [5.74, 6) is -0.437. The lowest BCUT2D eigenvalue weighted by molar-refractivity contribution is -0.384. The molecule has 104 valence electrons. The van der Waals surface area contributed by atoms with Crippen molar-refractivity contribution in [1.82, 2.24) is 4.90 Å². The van der Waals surface area contributed by atoms with Crippen LogP contribution in [0.4, 0.5) is 15.8 Å². The first-order valence-corrected chi connectivity index (χ1v) is 6.42. The van der Waals surface area contributed by atoms with Crippen LogP contribution in [-0.4, -0.2) is 42.5 Å². The van der Waals surface area contributed by atoms with E-state index in [1.165, 1.54) is 12.1 Å². The second kappa shape index (κ2) is 5.52. The van der Waals surface area contributed by atoms with E-state index in [1.54, 1.807) is 0 Å². The second-order valence-electron chi connectivity index (χ2n) is 4.85. The zero-order valence-corrected chi connectivity index (χ0v) is 11.2. The molecule has 0 N–H and O–H groups in total. The molecule has 0 saturated carbocycles. The third-order valence-corrected chi connectivity index (χ3v) is 3.76. The van der Waals surface area contributed by atoms with Crippen molar-refractivity contribution in [2.24, 2.45) is 0 Å². The lowest BCUT2D eigenvalue weighted by Gasteiger charge is -2.23. The Bertz CT molecular complexity index is 481. The van der Waals surface area contributed by atoms with Crippen molar-refractivity contribution in [2.75, 3.05) is 31.6 Å². The van der Waals surface area contributed by atoms with Crippen LogP contribution in [0.15, 0.2) is 18.2 Å². The largest absolute Gasteiger partial charge is 0.364 e. The van der Waals surface area contributed by atoms with Gasteiger partial charge in [0.25, 0.3) is 5.69 Å². The lowest BCUT2D eigenvalue weighted by atomic mass is 10.2. The molecule has 0 aliphatic carbocycles. The second-order valence-corrected chi connectivity index (χ2v) is 4.85. The summed E-state index contributed by atoms with van der Waals surface area (Å²) in [4.78, 5) is 14.7. The summed E-state index contributed by atoms with van der Waals surface area (Å²) >= 11 is 0. The van der Waals surface area contributed by atoms with Crippen molar-refractivity contribution in [1.29, 1.82) is 0 Å². The van der Waals surface area contributed by atoms with Gasteiger partial charge in [0, 0.05) is 31.3 Å². The number of nitro benzene ring substituents is 1. The zero-order valence-electron chi connectivity index (χ0n) is 11.2. The summed E-state index contributed by atoms with van der Waals surface area (Å²) in [6.07, 6.45) is 0.942. The van der Waals surface area contributed by atoms with Crippen molar-refractivity contribution in [3.8, 4) is 0 Å². The molecule has 1 unspecified atom stereocenters. The van der Waals surface area contributed by atoms with Gasteiger partial charge in [0.05, 0.1) is 4.92 Å². The number of rotatable bonds is 4. The monoisotopic (exact) mass is 267 g/mol. The Kier molecular flexibility index (Phi) is 3.99. The molecule has 0 spiro atoms. The Morgan fingerprint density at radius 3 is 2.95 bits per heavy atom. The van der Waals surface area contributed by atoms with Gasteiger partial charge in [-0.05, 0) is 26.1 Å². The number of benzene rings is 1. The Labute approximate surface area is 111 Å². The molecule has 1 saturated heterocycles. The highest BCUT2D eigenvalue weighted by Gasteiger charge is 2.29. The van der Waals surface area contributed by atoms with E-state index in [2.05, 4.69) is 11.8 Å². The SMILES string of the molecule is CCN(C)C1CCN(c2cc(F)ccc2[N+](=O)[O-])C1. The maximum absolute atomic E-state index is 13.3. The molecule has 0 aromatic heterocycles. The number of nitrogens with zero attached hydrogens (tertiary/aromatic N) is 3. The standard InChI is InChI=1S/C13H18FN3O2/c1-3-15(2)11-6-7-16(9-11)13-8-10(14)4-5-12(13)17(18)19/h4-5,8,11H,3,6-7,9H2,1-2H3. The molecule has 2 rings (SSSR count). The maximum atomic E-state index is 13.3. The van der Waals surface area contributed by atoms with Crippen LogP contribution in [0.25, 0.3) is 0 Å². The van der Waals surface area contributed by atoms with Gasteiger partial charge in [0.2, 0.25) is 0 Å². The Morgan fingerprint density at radius 2 is 2.32 bits per heavy atom. The van der Waals surface area contributed by atoms with Crippen LogP contribution in [0.2, 0.25) is 0 Å². The molecule has 1 aliphatic rings. The normalized spacial score (nSPS) is 19.2. The molecule has 0 radical (unpaired) electrons. The molecule has 0 bridgehead atoms. The van der Waals surface area contributed by atoms with E-state index in [9.17, 15) is 14.5 Å². The van der Waals surface area contributed by atoms with Gasteiger partial charge in [0.1, 0.15) is 11.5 Å². The summed E-state index contributed by atoms with van der Waals surface area (Å²) in [5.41, 5.74) is 0.359. The van der Waals surface area contributed by atoms with Gasteiger partial charge in [-0.1, -0.05) is 6.92 Å². The first-order valence-electron chi connectivity index (χ1n) is 6.42. The summed E-state index contributed by atoms with van der Waals surface area (Å²) < 4.78 is 13.3. The highest BCUT2D eigenvalue weighted by atomic mass is 19.1. The Morgan fingerprint density at radius 1 is 1.58 bits per heavy atom. The van der Waals surface area contributed by atoms with E-state index in [4.69, 9.17) is 0 Å². The number of hydrogen-bond acceptors (Lipinski definition) is 4. The molecule has 5 nitrogen and oxygen atoms in total. The molecular formula is C13H18FN3O2. The van der Waals surface area contributed by atoms with Crippen LogP contribution < -0.4 is 4.90 Å². The summed E-state index contributed by atoms with van der Waals surface area (Å²) in [6, 6.07) is 3.99.